The van der Waals surface area contributed by atoms with Crippen LogP contribution in [0.4, 0.5) is 0 Å². The molecule has 0 fully saturated rings. The Morgan fingerprint density at radius 3 is 2.63 bits per heavy atom. The molecule has 0 aliphatic heterocycles. The van der Waals surface area contributed by atoms with Gasteiger partial charge in [-0.15, -0.1) is 0 Å². The summed E-state index contributed by atoms with van der Waals surface area (Å²) in [6, 6.07) is 6.72. The van der Waals surface area contributed by atoms with Gasteiger partial charge in [0.15, 0.2) is 0 Å². The second-order valence-electron chi connectivity index (χ2n) is 4.03. The zero-order valence-corrected chi connectivity index (χ0v) is 10.1. The van der Waals surface area contributed by atoms with Gasteiger partial charge in [0, 0.05) is 42.8 Å². The highest BCUT2D eigenvalue weighted by molar-refractivity contribution is 5.58. The topological polar surface area (TPSA) is 73.8 Å². The molecule has 3 aromatic rings. The summed E-state index contributed by atoms with van der Waals surface area (Å²) in [6.07, 6.45) is 4.99. The standard InChI is InChI=1S/C13H10N4O2/c1-17-8-10(2-3-11(17)18)12-15-13(19-16-12)9-4-6-14-7-5-9/h2-8H,1H3. The third-order valence-electron chi connectivity index (χ3n) is 2.70. The molecule has 0 N–H and O–H groups in total. The molecule has 0 atom stereocenters. The molecule has 3 rings (SSSR count). The monoisotopic (exact) mass is 254 g/mol. The van der Waals surface area contributed by atoms with Crippen molar-refractivity contribution in [3.63, 3.8) is 0 Å². The van der Waals surface area contributed by atoms with Gasteiger partial charge in [0.25, 0.3) is 5.89 Å². The number of pyridine rings is 2. The van der Waals surface area contributed by atoms with Crippen molar-refractivity contribution in [2.75, 3.05) is 0 Å². The number of hydrogen-bond donors (Lipinski definition) is 0. The predicted molar refractivity (Wildman–Crippen MR) is 68.2 cm³/mol. The highest BCUT2D eigenvalue weighted by Crippen LogP contribution is 2.20. The summed E-state index contributed by atoms with van der Waals surface area (Å²) in [6.45, 7) is 0. The summed E-state index contributed by atoms with van der Waals surface area (Å²) in [7, 11) is 1.68. The predicted octanol–water partition coefficient (Wildman–Crippen LogP) is 1.50. The van der Waals surface area contributed by atoms with Gasteiger partial charge < -0.3 is 9.09 Å². The second kappa shape index (κ2) is 4.49. The summed E-state index contributed by atoms with van der Waals surface area (Å²) in [5.74, 6) is 0.869. The van der Waals surface area contributed by atoms with Crippen LogP contribution < -0.4 is 5.56 Å². The Labute approximate surface area is 108 Å². The van der Waals surface area contributed by atoms with E-state index in [2.05, 4.69) is 15.1 Å². The lowest BCUT2D eigenvalue weighted by molar-refractivity contribution is 0.432. The van der Waals surface area contributed by atoms with Gasteiger partial charge in [-0.05, 0) is 18.2 Å². The van der Waals surface area contributed by atoms with Crippen LogP contribution in [0, 0.1) is 0 Å². The van der Waals surface area contributed by atoms with E-state index in [-0.39, 0.29) is 5.56 Å². The van der Waals surface area contributed by atoms with Crippen LogP contribution in [0.1, 0.15) is 0 Å². The number of rotatable bonds is 2. The highest BCUT2D eigenvalue weighted by Gasteiger charge is 2.10. The van der Waals surface area contributed by atoms with Crippen molar-refractivity contribution in [1.82, 2.24) is 19.7 Å². The van der Waals surface area contributed by atoms with Crippen LogP contribution >= 0.6 is 0 Å². The normalized spacial score (nSPS) is 10.6. The Morgan fingerprint density at radius 1 is 1.11 bits per heavy atom. The van der Waals surface area contributed by atoms with Crippen LogP contribution in [0.5, 0.6) is 0 Å². The molecule has 0 aromatic carbocycles. The van der Waals surface area contributed by atoms with Gasteiger partial charge in [0.2, 0.25) is 11.4 Å². The van der Waals surface area contributed by atoms with Gasteiger partial charge in [-0.3, -0.25) is 9.78 Å². The largest absolute Gasteiger partial charge is 0.334 e. The van der Waals surface area contributed by atoms with Crippen molar-refractivity contribution >= 4 is 0 Å². The van der Waals surface area contributed by atoms with E-state index in [0.29, 0.717) is 11.7 Å². The molecule has 0 amide bonds. The van der Waals surface area contributed by atoms with Crippen molar-refractivity contribution in [2.24, 2.45) is 7.05 Å². The molecule has 0 saturated carbocycles. The van der Waals surface area contributed by atoms with Crippen molar-refractivity contribution in [1.29, 1.82) is 0 Å². The smallest absolute Gasteiger partial charge is 0.258 e. The van der Waals surface area contributed by atoms with Crippen LogP contribution in [0.15, 0.2) is 52.2 Å². The van der Waals surface area contributed by atoms with Gasteiger partial charge >= 0.3 is 0 Å². The Balaban J connectivity index is 2.01. The fourth-order valence-electron chi connectivity index (χ4n) is 1.68. The van der Waals surface area contributed by atoms with E-state index < -0.39 is 0 Å². The molecule has 0 bridgehead atoms. The van der Waals surface area contributed by atoms with Crippen molar-refractivity contribution in [3.8, 4) is 22.8 Å². The zero-order chi connectivity index (χ0) is 13.2. The van der Waals surface area contributed by atoms with Gasteiger partial charge in [0.1, 0.15) is 0 Å². The van der Waals surface area contributed by atoms with E-state index in [1.165, 1.54) is 10.6 Å². The zero-order valence-electron chi connectivity index (χ0n) is 10.1. The summed E-state index contributed by atoms with van der Waals surface area (Å²) in [4.78, 5) is 19.6. The van der Waals surface area contributed by atoms with Crippen LogP contribution in [0.3, 0.4) is 0 Å². The van der Waals surface area contributed by atoms with Crippen molar-refractivity contribution in [3.05, 3.63) is 53.2 Å². The number of aromatic nitrogens is 4. The molecule has 0 spiro atoms. The Morgan fingerprint density at radius 2 is 1.89 bits per heavy atom. The number of aryl methyl sites for hydroxylation is 1. The first kappa shape index (κ1) is 11.3. The average Bonchev–Trinajstić information content (AvgIpc) is 2.93. The first-order chi connectivity index (χ1) is 9.24. The van der Waals surface area contributed by atoms with Crippen LogP contribution in [0.2, 0.25) is 0 Å². The summed E-state index contributed by atoms with van der Waals surface area (Å²) in [5, 5.41) is 3.91. The molecule has 0 saturated heterocycles. The highest BCUT2D eigenvalue weighted by atomic mass is 16.5. The number of hydrogen-bond acceptors (Lipinski definition) is 5. The van der Waals surface area contributed by atoms with E-state index in [4.69, 9.17) is 4.52 Å². The molecule has 0 aliphatic carbocycles. The minimum absolute atomic E-state index is 0.0818. The fraction of sp³-hybridized carbons (Fsp3) is 0.0769. The molecule has 0 radical (unpaired) electrons. The molecule has 6 heteroatoms. The van der Waals surface area contributed by atoms with Gasteiger partial charge in [-0.25, -0.2) is 0 Å². The minimum Gasteiger partial charge on any atom is -0.334 e. The molecule has 94 valence electrons. The molecule has 3 aromatic heterocycles. The van der Waals surface area contributed by atoms with Crippen LogP contribution in [-0.2, 0) is 7.05 Å². The summed E-state index contributed by atoms with van der Waals surface area (Å²) in [5.41, 5.74) is 1.45. The van der Waals surface area contributed by atoms with E-state index in [1.54, 1.807) is 43.8 Å². The van der Waals surface area contributed by atoms with E-state index in [9.17, 15) is 4.79 Å². The third kappa shape index (κ3) is 2.15. The van der Waals surface area contributed by atoms with Gasteiger partial charge in [-0.2, -0.15) is 4.98 Å². The minimum atomic E-state index is -0.0818. The van der Waals surface area contributed by atoms with Gasteiger partial charge in [0.05, 0.1) is 0 Å². The Hall–Kier alpha value is -2.76. The van der Waals surface area contributed by atoms with Crippen LogP contribution in [-0.4, -0.2) is 19.7 Å². The SMILES string of the molecule is Cn1cc(-c2noc(-c3ccncc3)n2)ccc1=O. The lowest BCUT2D eigenvalue weighted by Gasteiger charge is -1.97. The lowest BCUT2D eigenvalue weighted by atomic mass is 10.2. The quantitative estimate of drug-likeness (QED) is 0.692. The molecule has 6 nitrogen and oxygen atoms in total. The summed E-state index contributed by atoms with van der Waals surface area (Å²) >= 11 is 0. The molecular weight excluding hydrogens is 244 g/mol. The van der Waals surface area contributed by atoms with Gasteiger partial charge in [-0.1, -0.05) is 5.16 Å². The maximum atomic E-state index is 11.3. The van der Waals surface area contributed by atoms with Crippen molar-refractivity contribution in [2.45, 2.75) is 0 Å². The molecule has 19 heavy (non-hydrogen) atoms. The lowest BCUT2D eigenvalue weighted by Crippen LogP contribution is -2.14. The Kier molecular flexibility index (Phi) is 2.68. The summed E-state index contributed by atoms with van der Waals surface area (Å²) < 4.78 is 6.67. The second-order valence-corrected chi connectivity index (χ2v) is 4.03. The van der Waals surface area contributed by atoms with Crippen LogP contribution in [0.25, 0.3) is 22.8 Å². The van der Waals surface area contributed by atoms with E-state index in [0.717, 1.165) is 11.1 Å². The van der Waals surface area contributed by atoms with Crippen molar-refractivity contribution < 1.29 is 4.52 Å². The molecular formula is C13H10N4O2. The third-order valence-corrected chi connectivity index (χ3v) is 2.70. The fourth-order valence-corrected chi connectivity index (χ4v) is 1.68. The maximum Gasteiger partial charge on any atom is 0.258 e. The molecule has 0 aliphatic rings. The Bertz CT molecular complexity index is 762. The van der Waals surface area contributed by atoms with E-state index >= 15 is 0 Å². The first-order valence-electron chi connectivity index (χ1n) is 5.65. The van der Waals surface area contributed by atoms with E-state index in [1.807, 2.05) is 0 Å². The average molecular weight is 254 g/mol. The molecule has 3 heterocycles. The first-order valence-corrected chi connectivity index (χ1v) is 5.65. The number of nitrogens with zero attached hydrogens (tertiary/aromatic N) is 4. The molecule has 0 unspecified atom stereocenters. The maximum absolute atomic E-state index is 11.3.